The van der Waals surface area contributed by atoms with E-state index in [1.807, 2.05) is 0 Å². The Morgan fingerprint density at radius 1 is 0.605 bits per heavy atom. The van der Waals surface area contributed by atoms with Crippen molar-refractivity contribution in [3.8, 4) is 0 Å². The number of allylic oxidation sites excluding steroid dienone is 3. The van der Waals surface area contributed by atoms with Gasteiger partial charge in [0, 0.05) is 60.4 Å². The molecule has 2 atom stereocenters. The van der Waals surface area contributed by atoms with Gasteiger partial charge in [0.1, 0.15) is 0 Å². The maximum atomic E-state index is 2.76. The second-order valence-corrected chi connectivity index (χ2v) is 29.6. The van der Waals surface area contributed by atoms with Gasteiger partial charge in [0.2, 0.25) is 0 Å². The molecule has 6 aliphatic rings. The molecule has 1 saturated carbocycles. The minimum absolute atomic E-state index is 0.0275. The highest BCUT2D eigenvalue weighted by Gasteiger charge is 2.49. The highest BCUT2D eigenvalue weighted by molar-refractivity contribution is 7.33. The molecule has 7 aromatic rings. The molecule has 3 heterocycles. The van der Waals surface area contributed by atoms with Crippen LogP contribution in [0, 0.1) is 24.2 Å². The van der Waals surface area contributed by atoms with Crippen LogP contribution in [-0.4, -0.2) is 6.71 Å². The highest BCUT2D eigenvalue weighted by atomic mass is 32.1. The van der Waals surface area contributed by atoms with Crippen molar-refractivity contribution in [1.29, 1.82) is 0 Å². The zero-order valence-electron chi connectivity index (χ0n) is 48.1. The fraction of sp³-hybridized carbons (Fsp3) is 0.408. The van der Waals surface area contributed by atoms with Gasteiger partial charge in [-0.1, -0.05) is 157 Å². The number of hydrogen-bond donors (Lipinski definition) is 0. The van der Waals surface area contributed by atoms with E-state index in [9.17, 15) is 0 Å². The van der Waals surface area contributed by atoms with Crippen LogP contribution in [0.15, 0.2) is 139 Å². The Hall–Kier alpha value is -5.78. The molecular weight excluding hydrogens is 938 g/mol. The molecule has 0 saturated heterocycles. The molecule has 1 unspecified atom stereocenters. The van der Waals surface area contributed by atoms with Crippen molar-refractivity contribution in [1.82, 2.24) is 0 Å². The predicted octanol–water partition coefficient (Wildman–Crippen LogP) is 18.3. The lowest BCUT2D eigenvalue weighted by molar-refractivity contribution is 0.135. The number of anilines is 8. The summed E-state index contributed by atoms with van der Waals surface area (Å²) in [5.74, 6) is 1.01. The van der Waals surface area contributed by atoms with E-state index >= 15 is 0 Å². The highest BCUT2D eigenvalue weighted by Crippen LogP contribution is 2.56. The summed E-state index contributed by atoms with van der Waals surface area (Å²) in [6.07, 6.45) is 16.4. The molecular formula is C71H80BN3S. The molecule has 3 nitrogen and oxygen atoms in total. The van der Waals surface area contributed by atoms with Gasteiger partial charge in [-0.2, -0.15) is 0 Å². The van der Waals surface area contributed by atoms with E-state index in [4.69, 9.17) is 0 Å². The summed E-state index contributed by atoms with van der Waals surface area (Å²) in [6.45, 7) is 34.3. The molecule has 6 aromatic carbocycles. The smallest absolute Gasteiger partial charge is 0.264 e. The largest absolute Gasteiger partial charge is 0.312 e. The Morgan fingerprint density at radius 2 is 1.24 bits per heavy atom. The van der Waals surface area contributed by atoms with Gasteiger partial charge in [-0.15, -0.1) is 11.3 Å². The summed E-state index contributed by atoms with van der Waals surface area (Å²) in [5.41, 5.74) is 23.4. The fourth-order valence-corrected chi connectivity index (χ4v) is 16.6. The van der Waals surface area contributed by atoms with Gasteiger partial charge < -0.3 is 14.7 Å². The van der Waals surface area contributed by atoms with E-state index in [0.29, 0.717) is 11.8 Å². The number of fused-ring (bicyclic) bond motifs is 9. The third-order valence-corrected chi connectivity index (χ3v) is 21.1. The van der Waals surface area contributed by atoms with Gasteiger partial charge in [-0.25, -0.2) is 0 Å². The summed E-state index contributed by atoms with van der Waals surface area (Å²) in [7, 11) is 0. The van der Waals surface area contributed by atoms with Crippen molar-refractivity contribution in [3.63, 3.8) is 0 Å². The molecule has 1 fully saturated rings. The van der Waals surface area contributed by atoms with E-state index in [2.05, 4.69) is 256 Å². The number of nitrogens with zero attached hydrogens (tertiary/aromatic N) is 3. The summed E-state index contributed by atoms with van der Waals surface area (Å²) in [5, 5.41) is 1.40. The first kappa shape index (κ1) is 49.8. The van der Waals surface area contributed by atoms with Gasteiger partial charge in [-0.3, -0.25) is 0 Å². The van der Waals surface area contributed by atoms with E-state index in [1.54, 1.807) is 0 Å². The maximum Gasteiger partial charge on any atom is 0.264 e. The quantitative estimate of drug-likeness (QED) is 0.159. The average Bonchev–Trinajstić information content (AvgIpc) is 3.85. The molecule has 76 heavy (non-hydrogen) atoms. The van der Waals surface area contributed by atoms with E-state index in [1.165, 1.54) is 150 Å². The number of thiophene rings is 1. The van der Waals surface area contributed by atoms with Crippen LogP contribution >= 0.6 is 11.3 Å². The Bertz CT molecular complexity index is 3590. The molecule has 0 amide bonds. The lowest BCUT2D eigenvalue weighted by Gasteiger charge is -2.47. The monoisotopic (exact) mass is 1020 g/mol. The van der Waals surface area contributed by atoms with Crippen LogP contribution in [0.4, 0.5) is 45.5 Å². The van der Waals surface area contributed by atoms with Crippen molar-refractivity contribution in [2.75, 3.05) is 14.7 Å². The molecule has 0 spiro atoms. The number of aryl methyl sites for hydroxylation is 1. The zero-order chi connectivity index (χ0) is 53.2. The summed E-state index contributed by atoms with van der Waals surface area (Å²) in [4.78, 5) is 8.00. The fourth-order valence-electron chi connectivity index (χ4n) is 15.3. The number of benzene rings is 6. The molecule has 0 radical (unpaired) electrons. The van der Waals surface area contributed by atoms with E-state index in [0.717, 1.165) is 5.69 Å². The molecule has 5 heteroatoms. The molecule has 2 aliphatic heterocycles. The van der Waals surface area contributed by atoms with Gasteiger partial charge in [-0.05, 0) is 207 Å². The zero-order valence-corrected chi connectivity index (χ0v) is 48.9. The Labute approximate surface area is 460 Å². The molecule has 13 rings (SSSR count). The first-order valence-corrected chi connectivity index (χ1v) is 29.8. The van der Waals surface area contributed by atoms with Crippen molar-refractivity contribution < 1.29 is 0 Å². The standard InChI is InChI=1S/C71H80BN3S/c1-44-37-60-63-61(38-44)75(48-28-30-51-54(40-48)69(9,10)34-33-68(51,7)8)64-50-42-55-56(71(13,14)36-35-70(55,11)12)43-62(50)76-65(64)72(63)57-31-29-49(41-59(57)74(60)47-27-26-45-21-20-32-67(5,6)53(45)39-47)73(46-22-16-15-17-23-46)58-25-19-18-24-52(58)66(2,3)4/h15-19,22-31,37-43,45,53H,20-21,32-36H2,1-14H3/t45-,53?/m0/s1. The molecule has 0 N–H and O–H groups in total. The van der Waals surface area contributed by atoms with Crippen LogP contribution in [-0.2, 0) is 27.1 Å². The minimum atomic E-state index is -0.0724. The van der Waals surface area contributed by atoms with Crippen molar-refractivity contribution >= 4 is 89.3 Å². The topological polar surface area (TPSA) is 9.72 Å². The van der Waals surface area contributed by atoms with Crippen molar-refractivity contribution in [2.45, 2.75) is 169 Å². The third-order valence-electron chi connectivity index (χ3n) is 19.9. The van der Waals surface area contributed by atoms with Crippen molar-refractivity contribution in [3.05, 3.63) is 173 Å². The van der Waals surface area contributed by atoms with Gasteiger partial charge >= 0.3 is 0 Å². The van der Waals surface area contributed by atoms with E-state index < -0.39 is 0 Å². The third kappa shape index (κ3) is 7.61. The lowest BCUT2D eigenvalue weighted by Crippen LogP contribution is -2.61. The minimum Gasteiger partial charge on any atom is -0.312 e. The van der Waals surface area contributed by atoms with Gasteiger partial charge in [0.15, 0.2) is 0 Å². The van der Waals surface area contributed by atoms with Crippen LogP contribution < -0.4 is 30.4 Å². The maximum absolute atomic E-state index is 2.76. The summed E-state index contributed by atoms with van der Waals surface area (Å²) in [6, 6.07) is 45.7. The Morgan fingerprint density at radius 3 is 1.93 bits per heavy atom. The number of para-hydroxylation sites is 2. The summed E-state index contributed by atoms with van der Waals surface area (Å²) < 4.78 is 2.86. The Kier molecular flexibility index (Phi) is 11.0. The second-order valence-electron chi connectivity index (χ2n) is 28.5. The van der Waals surface area contributed by atoms with Gasteiger partial charge in [0.05, 0.1) is 5.69 Å². The first-order valence-electron chi connectivity index (χ1n) is 28.9. The molecule has 4 aliphatic carbocycles. The van der Waals surface area contributed by atoms with Crippen LogP contribution in [0.2, 0.25) is 0 Å². The van der Waals surface area contributed by atoms with Crippen LogP contribution in [0.1, 0.15) is 168 Å². The molecule has 388 valence electrons. The van der Waals surface area contributed by atoms with Crippen LogP contribution in [0.5, 0.6) is 0 Å². The van der Waals surface area contributed by atoms with Crippen LogP contribution in [0.3, 0.4) is 0 Å². The number of hydrogen-bond acceptors (Lipinski definition) is 4. The summed E-state index contributed by atoms with van der Waals surface area (Å²) >= 11 is 2.07. The lowest BCUT2D eigenvalue weighted by atomic mass is 9.36. The molecule has 0 bridgehead atoms. The first-order chi connectivity index (χ1) is 35.9. The van der Waals surface area contributed by atoms with Crippen molar-refractivity contribution in [2.24, 2.45) is 17.3 Å². The predicted molar refractivity (Wildman–Crippen MR) is 330 cm³/mol. The second kappa shape index (κ2) is 16.9. The van der Waals surface area contributed by atoms with Crippen LogP contribution in [0.25, 0.3) is 10.1 Å². The average molecular weight is 1020 g/mol. The van der Waals surface area contributed by atoms with E-state index in [-0.39, 0.29) is 39.2 Å². The Balaban J connectivity index is 1.12. The van der Waals surface area contributed by atoms with Gasteiger partial charge in [0.25, 0.3) is 6.71 Å². The normalized spacial score (nSPS) is 21.9. The molecule has 1 aromatic heterocycles. The SMILES string of the molecule is Cc1cc2c3c(c1)N(c1ccc4c(c1)C(C)(C)CCC4(C)C)c1c(sc4cc5c(cc14)C(C)(C)CCC5(C)C)B3c1ccc(N(c3ccccc3)c3ccccc3C(C)(C)C)cc1N2C1=CC2[C@H](C=C1)CCCC2(C)C. The number of rotatable bonds is 5.